The molecule has 4 nitrogen and oxygen atoms in total. The van der Waals surface area contributed by atoms with E-state index >= 15 is 0 Å². The third-order valence-electron chi connectivity index (χ3n) is 6.84. The molecule has 2 aliphatic heterocycles. The van der Waals surface area contributed by atoms with Gasteiger partial charge in [-0.15, -0.1) is 0 Å². The zero-order valence-electron chi connectivity index (χ0n) is 14.6. The zero-order valence-corrected chi connectivity index (χ0v) is 14.6. The maximum Gasteiger partial charge on any atom is 0.315 e. The van der Waals surface area contributed by atoms with Gasteiger partial charge in [0, 0.05) is 11.8 Å². The van der Waals surface area contributed by atoms with Crippen LogP contribution >= 0.6 is 0 Å². The van der Waals surface area contributed by atoms with E-state index in [-0.39, 0.29) is 29.2 Å². The summed E-state index contributed by atoms with van der Waals surface area (Å²) in [6.45, 7) is 5.42. The van der Waals surface area contributed by atoms with Crippen LogP contribution in [0.3, 0.4) is 0 Å². The molecule has 0 aromatic rings. The Hall–Kier alpha value is -0.610. The highest BCUT2D eigenvalue weighted by Crippen LogP contribution is 2.66. The molecule has 4 rings (SSSR count). The summed E-state index contributed by atoms with van der Waals surface area (Å²) >= 11 is 0. The van der Waals surface area contributed by atoms with Gasteiger partial charge in [0.1, 0.15) is 17.6 Å². The molecule has 7 atom stereocenters. The lowest BCUT2D eigenvalue weighted by atomic mass is 9.55. The fourth-order valence-electron chi connectivity index (χ4n) is 5.85. The van der Waals surface area contributed by atoms with Crippen molar-refractivity contribution >= 4 is 5.97 Å². The summed E-state index contributed by atoms with van der Waals surface area (Å²) in [5.74, 6) is 1.57. The molecule has 4 heteroatoms. The highest BCUT2D eigenvalue weighted by molar-refractivity contribution is 5.77. The monoisotopic (exact) mass is 308 g/mol. The van der Waals surface area contributed by atoms with E-state index in [0.29, 0.717) is 17.8 Å². The first-order valence-corrected chi connectivity index (χ1v) is 8.88. The van der Waals surface area contributed by atoms with Crippen molar-refractivity contribution in [1.29, 1.82) is 0 Å². The van der Waals surface area contributed by atoms with E-state index < -0.39 is 0 Å². The molecule has 2 saturated carbocycles. The molecule has 0 bridgehead atoms. The Bertz CT molecular complexity index is 513. The van der Waals surface area contributed by atoms with Crippen LogP contribution in [0.5, 0.6) is 0 Å². The van der Waals surface area contributed by atoms with Crippen LogP contribution in [0.4, 0.5) is 0 Å². The van der Waals surface area contributed by atoms with E-state index in [9.17, 15) is 4.79 Å². The van der Waals surface area contributed by atoms with E-state index in [2.05, 4.69) is 35.0 Å². The molecule has 4 fully saturated rings. The molecule has 0 aromatic heterocycles. The minimum Gasteiger partial charge on any atom is -0.455 e. The molecule has 2 saturated heterocycles. The topological polar surface area (TPSA) is 38.8 Å². The summed E-state index contributed by atoms with van der Waals surface area (Å²) in [7, 11) is 6.50. The van der Waals surface area contributed by atoms with Crippen LogP contribution in [0, 0.1) is 23.7 Å². The predicted molar refractivity (Wildman–Crippen MR) is 83.1 cm³/mol. The Kier molecular flexibility index (Phi) is 2.90. The highest BCUT2D eigenvalue weighted by Gasteiger charge is 2.77. The van der Waals surface area contributed by atoms with Crippen LogP contribution in [-0.4, -0.2) is 55.4 Å². The number of quaternary nitrogens is 1. The van der Waals surface area contributed by atoms with Crippen molar-refractivity contribution in [2.75, 3.05) is 27.7 Å². The smallest absolute Gasteiger partial charge is 0.315 e. The van der Waals surface area contributed by atoms with Gasteiger partial charge in [0.15, 0.2) is 0 Å². The number of esters is 1. The second-order valence-electron chi connectivity index (χ2n) is 9.47. The molecule has 124 valence electrons. The maximum atomic E-state index is 12.8. The van der Waals surface area contributed by atoms with Crippen molar-refractivity contribution in [1.82, 2.24) is 0 Å². The molecule has 4 aliphatic rings. The van der Waals surface area contributed by atoms with Gasteiger partial charge in [-0.3, -0.25) is 4.79 Å². The third-order valence-corrected chi connectivity index (χ3v) is 6.84. The maximum absolute atomic E-state index is 12.8. The molecule has 0 amide bonds. The van der Waals surface area contributed by atoms with Gasteiger partial charge in [0.25, 0.3) is 0 Å². The standard InChI is InChI=1S/C18H30NO3/c1-11-6-7-14-12(10-19(3,4)5)15(20)21-18(14)13(11)8-9-17(2)16(18)22-17/h11-14,16H,6-10H2,1-5H3/q+1/t11-,12-,13+,14-,16-,17-,18-/m1/s1. The average Bonchev–Trinajstić information content (AvgIpc) is 3.02. The average molecular weight is 308 g/mol. The Morgan fingerprint density at radius 1 is 1.18 bits per heavy atom. The van der Waals surface area contributed by atoms with Gasteiger partial charge in [0.05, 0.1) is 33.3 Å². The number of hydrogen-bond acceptors (Lipinski definition) is 3. The van der Waals surface area contributed by atoms with Crippen molar-refractivity contribution in [3.05, 3.63) is 0 Å². The van der Waals surface area contributed by atoms with Crippen LogP contribution in [0.2, 0.25) is 0 Å². The molecule has 2 heterocycles. The highest BCUT2D eigenvalue weighted by atomic mass is 16.7. The van der Waals surface area contributed by atoms with Crippen molar-refractivity contribution in [2.24, 2.45) is 23.7 Å². The van der Waals surface area contributed by atoms with Crippen molar-refractivity contribution in [3.8, 4) is 0 Å². The van der Waals surface area contributed by atoms with E-state index in [1.165, 1.54) is 6.42 Å². The number of rotatable bonds is 2. The van der Waals surface area contributed by atoms with E-state index in [1.54, 1.807) is 0 Å². The zero-order chi connectivity index (χ0) is 15.9. The van der Waals surface area contributed by atoms with Crippen LogP contribution in [0.25, 0.3) is 0 Å². The fourth-order valence-corrected chi connectivity index (χ4v) is 5.85. The quantitative estimate of drug-likeness (QED) is 0.446. The number of carbonyl (C=O) groups excluding carboxylic acids is 1. The van der Waals surface area contributed by atoms with Crippen molar-refractivity contribution < 1.29 is 18.8 Å². The van der Waals surface area contributed by atoms with Crippen molar-refractivity contribution in [2.45, 2.75) is 56.8 Å². The molecular formula is C18H30NO3+. The number of carbonyl (C=O) groups is 1. The summed E-state index contributed by atoms with van der Waals surface area (Å²) in [6, 6.07) is 0. The lowest BCUT2D eigenvalue weighted by Gasteiger charge is -2.50. The van der Waals surface area contributed by atoms with Crippen LogP contribution < -0.4 is 0 Å². The molecule has 22 heavy (non-hydrogen) atoms. The Balaban J connectivity index is 1.72. The normalized spacial score (nSPS) is 53.3. The minimum absolute atomic E-state index is 0.0302. The van der Waals surface area contributed by atoms with Crippen LogP contribution in [0.15, 0.2) is 0 Å². The van der Waals surface area contributed by atoms with E-state index in [4.69, 9.17) is 9.47 Å². The number of hydrogen-bond donors (Lipinski definition) is 0. The number of nitrogens with zero attached hydrogens (tertiary/aromatic N) is 1. The third kappa shape index (κ3) is 1.86. The molecule has 0 N–H and O–H groups in total. The van der Waals surface area contributed by atoms with Gasteiger partial charge in [-0.2, -0.15) is 0 Å². The summed E-state index contributed by atoms with van der Waals surface area (Å²) in [5.41, 5.74) is -0.348. The lowest BCUT2D eigenvalue weighted by molar-refractivity contribution is -0.873. The molecule has 0 radical (unpaired) electrons. The summed E-state index contributed by atoms with van der Waals surface area (Å²) in [5, 5.41) is 0. The first kappa shape index (κ1) is 14.9. The Morgan fingerprint density at radius 2 is 1.91 bits per heavy atom. The first-order chi connectivity index (χ1) is 10.2. The van der Waals surface area contributed by atoms with E-state index in [1.807, 2.05) is 0 Å². The lowest BCUT2D eigenvalue weighted by Crippen LogP contribution is -2.58. The van der Waals surface area contributed by atoms with Gasteiger partial charge in [-0.25, -0.2) is 0 Å². The van der Waals surface area contributed by atoms with Gasteiger partial charge < -0.3 is 14.0 Å². The summed E-state index contributed by atoms with van der Waals surface area (Å²) < 4.78 is 13.2. The number of epoxide rings is 1. The molecule has 0 unspecified atom stereocenters. The van der Waals surface area contributed by atoms with Gasteiger partial charge >= 0.3 is 5.97 Å². The van der Waals surface area contributed by atoms with Gasteiger partial charge in [-0.05, 0) is 38.5 Å². The van der Waals surface area contributed by atoms with Crippen molar-refractivity contribution in [3.63, 3.8) is 0 Å². The molecule has 0 aromatic carbocycles. The molecule has 1 spiro atoms. The van der Waals surface area contributed by atoms with Gasteiger partial charge in [-0.1, -0.05) is 6.92 Å². The summed E-state index contributed by atoms with van der Waals surface area (Å²) in [6.07, 6.45) is 4.76. The SMILES string of the molecule is C[C@@H]1CC[C@@H]2[C@@H](C[N+](C)(C)C)C(=O)O[C@]23[C@H]1CC[C@@]1(C)O[C@@H]31. The molecular weight excluding hydrogens is 278 g/mol. The minimum atomic E-state index is -0.318. The molecule has 2 aliphatic carbocycles. The second kappa shape index (κ2) is 4.27. The Morgan fingerprint density at radius 3 is 2.59 bits per heavy atom. The van der Waals surface area contributed by atoms with Crippen LogP contribution in [-0.2, 0) is 14.3 Å². The van der Waals surface area contributed by atoms with Gasteiger partial charge in [0.2, 0.25) is 0 Å². The van der Waals surface area contributed by atoms with E-state index in [0.717, 1.165) is 30.3 Å². The second-order valence-corrected chi connectivity index (χ2v) is 9.47. The van der Waals surface area contributed by atoms with Crippen LogP contribution in [0.1, 0.15) is 39.5 Å². The predicted octanol–water partition coefficient (Wildman–Crippen LogP) is 2.22. The largest absolute Gasteiger partial charge is 0.455 e. The number of ether oxygens (including phenoxy) is 2. The number of fused-ring (bicyclic) bond motifs is 1. The Labute approximate surface area is 133 Å². The fraction of sp³-hybridized carbons (Fsp3) is 0.944. The summed E-state index contributed by atoms with van der Waals surface area (Å²) in [4.78, 5) is 12.8. The first-order valence-electron chi connectivity index (χ1n) is 8.88.